The Morgan fingerprint density at radius 3 is 2.78 bits per heavy atom. The predicted octanol–water partition coefficient (Wildman–Crippen LogP) is 2.89. The highest BCUT2D eigenvalue weighted by molar-refractivity contribution is 6.14. The van der Waals surface area contributed by atoms with Crippen LogP contribution in [-0.4, -0.2) is 18.2 Å². The lowest BCUT2D eigenvalue weighted by molar-refractivity contribution is -0.117. The van der Waals surface area contributed by atoms with Gasteiger partial charge in [-0.05, 0) is 17.7 Å². The SMILES string of the molecule is C=CCN1C(=O)Cc2cc3c(cc21)C(=O)c1ccccc1CO3. The van der Waals surface area contributed by atoms with Crippen LogP contribution in [-0.2, 0) is 17.8 Å². The van der Waals surface area contributed by atoms with Crippen LogP contribution in [0.4, 0.5) is 5.69 Å². The predicted molar refractivity (Wildman–Crippen MR) is 86.9 cm³/mol. The number of amides is 1. The molecule has 0 fully saturated rings. The highest BCUT2D eigenvalue weighted by Crippen LogP contribution is 2.38. The normalized spacial score (nSPS) is 15.4. The summed E-state index contributed by atoms with van der Waals surface area (Å²) in [7, 11) is 0. The lowest BCUT2D eigenvalue weighted by atomic mass is 9.97. The van der Waals surface area contributed by atoms with Gasteiger partial charge in [-0.1, -0.05) is 30.3 Å². The fraction of sp³-hybridized carbons (Fsp3) is 0.158. The summed E-state index contributed by atoms with van der Waals surface area (Å²) in [6.45, 7) is 4.49. The summed E-state index contributed by atoms with van der Waals surface area (Å²) in [6.07, 6.45) is 2.02. The maximum atomic E-state index is 12.9. The first kappa shape index (κ1) is 13.8. The van der Waals surface area contributed by atoms with Crippen molar-refractivity contribution in [3.8, 4) is 5.75 Å². The molecule has 0 N–H and O–H groups in total. The van der Waals surface area contributed by atoms with E-state index in [4.69, 9.17) is 4.74 Å². The Bertz CT molecular complexity index is 854. The van der Waals surface area contributed by atoms with E-state index < -0.39 is 0 Å². The molecule has 2 aliphatic rings. The number of carbonyl (C=O) groups is 2. The van der Waals surface area contributed by atoms with Crippen molar-refractivity contribution in [2.24, 2.45) is 0 Å². The molecule has 0 saturated heterocycles. The van der Waals surface area contributed by atoms with Gasteiger partial charge in [-0.3, -0.25) is 9.59 Å². The van der Waals surface area contributed by atoms with Gasteiger partial charge in [0.2, 0.25) is 5.91 Å². The monoisotopic (exact) mass is 305 g/mol. The molecule has 1 amide bonds. The van der Waals surface area contributed by atoms with Gasteiger partial charge in [-0.25, -0.2) is 0 Å². The second-order valence-corrected chi connectivity index (χ2v) is 5.72. The molecule has 0 atom stereocenters. The van der Waals surface area contributed by atoms with Gasteiger partial charge >= 0.3 is 0 Å². The number of ketones is 1. The lowest BCUT2D eigenvalue weighted by Crippen LogP contribution is -2.26. The van der Waals surface area contributed by atoms with E-state index >= 15 is 0 Å². The fourth-order valence-electron chi connectivity index (χ4n) is 3.19. The van der Waals surface area contributed by atoms with E-state index in [1.165, 1.54) is 0 Å². The van der Waals surface area contributed by atoms with Crippen molar-refractivity contribution in [1.82, 2.24) is 0 Å². The molecule has 2 aromatic rings. The zero-order chi connectivity index (χ0) is 16.0. The molecule has 4 nitrogen and oxygen atoms in total. The van der Waals surface area contributed by atoms with Gasteiger partial charge in [0.25, 0.3) is 0 Å². The Morgan fingerprint density at radius 1 is 1.13 bits per heavy atom. The van der Waals surface area contributed by atoms with Gasteiger partial charge in [0.1, 0.15) is 12.4 Å². The number of anilines is 1. The first-order chi connectivity index (χ1) is 11.2. The zero-order valence-corrected chi connectivity index (χ0v) is 12.5. The van der Waals surface area contributed by atoms with Crippen LogP contribution in [0.3, 0.4) is 0 Å². The molecule has 0 spiro atoms. The maximum absolute atomic E-state index is 12.9. The van der Waals surface area contributed by atoms with E-state index in [9.17, 15) is 9.59 Å². The van der Waals surface area contributed by atoms with Gasteiger partial charge in [0.15, 0.2) is 5.78 Å². The number of hydrogen-bond donors (Lipinski definition) is 0. The van der Waals surface area contributed by atoms with Crippen molar-refractivity contribution >= 4 is 17.4 Å². The molecule has 4 heteroatoms. The molecule has 0 aromatic heterocycles. The van der Waals surface area contributed by atoms with E-state index in [2.05, 4.69) is 6.58 Å². The second-order valence-electron chi connectivity index (χ2n) is 5.72. The number of benzene rings is 2. The summed E-state index contributed by atoms with van der Waals surface area (Å²) < 4.78 is 5.83. The first-order valence-electron chi connectivity index (χ1n) is 7.52. The number of fused-ring (bicyclic) bond motifs is 3. The fourth-order valence-corrected chi connectivity index (χ4v) is 3.19. The Morgan fingerprint density at radius 2 is 1.96 bits per heavy atom. The number of nitrogens with zero attached hydrogens (tertiary/aromatic N) is 1. The largest absolute Gasteiger partial charge is 0.488 e. The highest BCUT2D eigenvalue weighted by atomic mass is 16.5. The van der Waals surface area contributed by atoms with Gasteiger partial charge in [-0.2, -0.15) is 0 Å². The zero-order valence-electron chi connectivity index (χ0n) is 12.5. The summed E-state index contributed by atoms with van der Waals surface area (Å²) in [4.78, 5) is 26.7. The third-order valence-electron chi connectivity index (χ3n) is 4.32. The molecular weight excluding hydrogens is 290 g/mol. The van der Waals surface area contributed by atoms with Gasteiger partial charge in [0, 0.05) is 23.4 Å². The second kappa shape index (κ2) is 5.09. The van der Waals surface area contributed by atoms with Crippen molar-refractivity contribution in [2.45, 2.75) is 13.0 Å². The van der Waals surface area contributed by atoms with Crippen molar-refractivity contribution in [2.75, 3.05) is 11.4 Å². The van der Waals surface area contributed by atoms with Crippen LogP contribution in [0.2, 0.25) is 0 Å². The van der Waals surface area contributed by atoms with Crippen LogP contribution in [0.1, 0.15) is 27.0 Å². The first-order valence-corrected chi connectivity index (χ1v) is 7.52. The molecule has 0 aliphatic carbocycles. The van der Waals surface area contributed by atoms with Crippen LogP contribution in [0.5, 0.6) is 5.75 Å². The quantitative estimate of drug-likeness (QED) is 0.802. The molecule has 0 bridgehead atoms. The van der Waals surface area contributed by atoms with Crippen molar-refractivity contribution < 1.29 is 14.3 Å². The molecule has 23 heavy (non-hydrogen) atoms. The van der Waals surface area contributed by atoms with Crippen LogP contribution < -0.4 is 9.64 Å². The average Bonchev–Trinajstić information content (AvgIpc) is 2.79. The maximum Gasteiger partial charge on any atom is 0.231 e. The Balaban J connectivity index is 1.86. The standard InChI is InChI=1S/C19H15NO3/c1-2-7-20-16-10-15-17(8-13(16)9-18(20)21)23-11-12-5-3-4-6-14(12)19(15)22/h2-6,8,10H,1,7,9,11H2. The number of rotatable bonds is 2. The Labute approximate surface area is 134 Å². The molecule has 2 aliphatic heterocycles. The molecule has 0 saturated carbocycles. The van der Waals surface area contributed by atoms with Crippen molar-refractivity contribution in [3.63, 3.8) is 0 Å². The smallest absolute Gasteiger partial charge is 0.231 e. The van der Waals surface area contributed by atoms with E-state index in [1.54, 1.807) is 17.0 Å². The van der Waals surface area contributed by atoms with E-state index in [0.717, 1.165) is 16.8 Å². The third-order valence-corrected chi connectivity index (χ3v) is 4.32. The summed E-state index contributed by atoms with van der Waals surface area (Å²) in [5, 5.41) is 0. The lowest BCUT2D eigenvalue weighted by Gasteiger charge is -2.16. The third kappa shape index (κ3) is 2.06. The number of carbonyl (C=O) groups excluding carboxylic acids is 2. The number of ether oxygens (including phenoxy) is 1. The molecule has 0 radical (unpaired) electrons. The van der Waals surface area contributed by atoms with Crippen LogP contribution in [0.25, 0.3) is 0 Å². The molecule has 4 rings (SSSR count). The topological polar surface area (TPSA) is 46.6 Å². The Kier molecular flexibility index (Phi) is 3.05. The molecule has 2 aromatic carbocycles. The summed E-state index contributed by atoms with van der Waals surface area (Å²) in [6, 6.07) is 11.1. The van der Waals surface area contributed by atoms with Gasteiger partial charge in [0.05, 0.1) is 12.0 Å². The van der Waals surface area contributed by atoms with Gasteiger partial charge < -0.3 is 9.64 Å². The van der Waals surface area contributed by atoms with Crippen LogP contribution in [0, 0.1) is 0 Å². The van der Waals surface area contributed by atoms with E-state index in [1.807, 2.05) is 30.3 Å². The van der Waals surface area contributed by atoms with Crippen molar-refractivity contribution in [1.29, 1.82) is 0 Å². The summed E-state index contributed by atoms with van der Waals surface area (Å²) >= 11 is 0. The van der Waals surface area contributed by atoms with Crippen LogP contribution >= 0.6 is 0 Å². The average molecular weight is 305 g/mol. The Hall–Kier alpha value is -2.88. The minimum Gasteiger partial charge on any atom is -0.488 e. The van der Waals surface area contributed by atoms with E-state index in [0.29, 0.717) is 36.4 Å². The number of hydrogen-bond acceptors (Lipinski definition) is 3. The van der Waals surface area contributed by atoms with Gasteiger partial charge in [-0.15, -0.1) is 6.58 Å². The molecular formula is C19H15NO3. The summed E-state index contributed by atoms with van der Waals surface area (Å²) in [5.74, 6) is 0.514. The minimum atomic E-state index is -0.0613. The van der Waals surface area contributed by atoms with E-state index in [-0.39, 0.29) is 11.7 Å². The molecule has 0 unspecified atom stereocenters. The van der Waals surface area contributed by atoms with Crippen molar-refractivity contribution in [3.05, 3.63) is 71.3 Å². The molecule has 114 valence electrons. The summed E-state index contributed by atoms with van der Waals surface area (Å²) in [5.41, 5.74) is 3.73. The minimum absolute atomic E-state index is 0.0212. The molecule has 2 heterocycles. The highest BCUT2D eigenvalue weighted by Gasteiger charge is 2.31. The van der Waals surface area contributed by atoms with Crippen LogP contribution in [0.15, 0.2) is 49.1 Å².